The van der Waals surface area contributed by atoms with Crippen molar-refractivity contribution >= 4 is 33.3 Å². The first kappa shape index (κ1) is 19.6. The maximum atomic E-state index is 13.3. The summed E-state index contributed by atoms with van der Waals surface area (Å²) in [6, 6.07) is 22.0. The number of carbonyl (C=O) groups excluding carboxylic acids is 2. The number of rotatable bonds is 5. The number of ketones is 1. The second kappa shape index (κ2) is 7.58. The van der Waals surface area contributed by atoms with E-state index in [1.807, 2.05) is 49.4 Å². The third kappa shape index (κ3) is 3.63. The van der Waals surface area contributed by atoms with Crippen molar-refractivity contribution in [1.82, 2.24) is 0 Å². The lowest BCUT2D eigenvalue weighted by Crippen LogP contribution is -2.41. The smallest absolute Gasteiger partial charge is 0.264 e. The number of amides is 1. The van der Waals surface area contributed by atoms with Gasteiger partial charge in [-0.1, -0.05) is 76.1 Å². The van der Waals surface area contributed by atoms with E-state index >= 15 is 0 Å². The first-order chi connectivity index (χ1) is 13.9. The summed E-state index contributed by atoms with van der Waals surface area (Å²) in [4.78, 5) is 27.7. The predicted octanol–water partition coefficient (Wildman–Crippen LogP) is 4.76. The van der Waals surface area contributed by atoms with E-state index in [2.05, 4.69) is 15.9 Å². The molecule has 146 valence electrons. The van der Waals surface area contributed by atoms with E-state index in [9.17, 15) is 14.7 Å². The number of para-hydroxylation sites is 1. The second-order valence-corrected chi connectivity index (χ2v) is 8.28. The lowest BCUT2D eigenvalue weighted by atomic mass is 9.88. The third-order valence-electron chi connectivity index (χ3n) is 5.26. The molecule has 1 aliphatic heterocycles. The Morgan fingerprint density at radius 3 is 2.48 bits per heavy atom. The van der Waals surface area contributed by atoms with E-state index < -0.39 is 11.5 Å². The van der Waals surface area contributed by atoms with Crippen LogP contribution in [0.1, 0.15) is 33.5 Å². The summed E-state index contributed by atoms with van der Waals surface area (Å²) < 4.78 is 0.773. The lowest BCUT2D eigenvalue weighted by Gasteiger charge is -2.23. The fourth-order valence-corrected chi connectivity index (χ4v) is 4.11. The van der Waals surface area contributed by atoms with Crippen LogP contribution in [0.4, 0.5) is 5.69 Å². The van der Waals surface area contributed by atoms with Gasteiger partial charge in [-0.2, -0.15) is 0 Å². The highest BCUT2D eigenvalue weighted by atomic mass is 79.9. The molecule has 0 aromatic heterocycles. The Bertz CT molecular complexity index is 1090. The van der Waals surface area contributed by atoms with Crippen LogP contribution in [0.25, 0.3) is 0 Å². The molecule has 29 heavy (non-hydrogen) atoms. The number of hydrogen-bond acceptors (Lipinski definition) is 3. The van der Waals surface area contributed by atoms with Crippen molar-refractivity contribution in [3.63, 3.8) is 0 Å². The molecule has 3 aromatic rings. The van der Waals surface area contributed by atoms with Gasteiger partial charge in [0.05, 0.1) is 18.7 Å². The largest absolute Gasteiger partial charge is 0.375 e. The number of fused-ring (bicyclic) bond motifs is 1. The van der Waals surface area contributed by atoms with Crippen molar-refractivity contribution in [2.45, 2.75) is 25.5 Å². The van der Waals surface area contributed by atoms with Gasteiger partial charge in [0.15, 0.2) is 11.4 Å². The number of aryl methyl sites for hydroxylation is 1. The number of aliphatic hydroxyl groups is 1. The van der Waals surface area contributed by atoms with Crippen LogP contribution in [0.2, 0.25) is 0 Å². The fourth-order valence-electron chi connectivity index (χ4n) is 3.71. The van der Waals surface area contributed by atoms with Crippen LogP contribution >= 0.6 is 15.9 Å². The van der Waals surface area contributed by atoms with Gasteiger partial charge in [-0.25, -0.2) is 0 Å². The predicted molar refractivity (Wildman–Crippen MR) is 116 cm³/mol. The standard InChI is InChI=1S/C24H20BrNO3/c1-16-9-11-17(12-10-16)15-26-21-8-3-2-7-20(21)24(29,23(26)28)14-22(27)18-5-4-6-19(25)13-18/h2-13,29H,14-15H2,1H3/t24-/m0/s1. The Labute approximate surface area is 177 Å². The summed E-state index contributed by atoms with van der Waals surface area (Å²) in [7, 11) is 0. The van der Waals surface area contributed by atoms with Gasteiger partial charge in [0, 0.05) is 15.6 Å². The summed E-state index contributed by atoms with van der Waals surface area (Å²) >= 11 is 3.36. The topological polar surface area (TPSA) is 57.6 Å². The van der Waals surface area contributed by atoms with Crippen LogP contribution in [-0.4, -0.2) is 16.8 Å². The van der Waals surface area contributed by atoms with Crippen LogP contribution in [0.3, 0.4) is 0 Å². The molecule has 0 unspecified atom stereocenters. The Morgan fingerprint density at radius 1 is 1.03 bits per heavy atom. The molecule has 4 nitrogen and oxygen atoms in total. The van der Waals surface area contributed by atoms with Crippen molar-refractivity contribution in [2.75, 3.05) is 4.90 Å². The van der Waals surface area contributed by atoms with E-state index in [4.69, 9.17) is 0 Å². The summed E-state index contributed by atoms with van der Waals surface area (Å²) in [5.41, 5.74) is 1.79. The zero-order valence-electron chi connectivity index (χ0n) is 15.9. The number of carbonyl (C=O) groups is 2. The molecule has 0 bridgehead atoms. The Kier molecular flexibility index (Phi) is 5.11. The SMILES string of the molecule is Cc1ccc(CN2C(=O)[C@](O)(CC(=O)c3cccc(Br)c3)c3ccccc32)cc1. The molecule has 1 aliphatic rings. The van der Waals surface area contributed by atoms with Gasteiger partial charge < -0.3 is 10.0 Å². The molecule has 1 amide bonds. The first-order valence-corrected chi connectivity index (χ1v) is 10.2. The third-order valence-corrected chi connectivity index (χ3v) is 5.76. The molecule has 0 aliphatic carbocycles. The van der Waals surface area contributed by atoms with Gasteiger partial charge in [-0.05, 0) is 30.7 Å². The molecule has 0 saturated carbocycles. The average molecular weight is 450 g/mol. The molecular weight excluding hydrogens is 430 g/mol. The number of hydrogen-bond donors (Lipinski definition) is 1. The monoisotopic (exact) mass is 449 g/mol. The molecule has 1 atom stereocenters. The van der Waals surface area contributed by atoms with Gasteiger partial charge in [0.1, 0.15) is 0 Å². The highest BCUT2D eigenvalue weighted by molar-refractivity contribution is 9.10. The van der Waals surface area contributed by atoms with Gasteiger partial charge in [0.25, 0.3) is 5.91 Å². The molecule has 0 saturated heterocycles. The van der Waals surface area contributed by atoms with Crippen LogP contribution in [-0.2, 0) is 16.9 Å². The maximum Gasteiger partial charge on any atom is 0.264 e. The zero-order valence-corrected chi connectivity index (χ0v) is 17.5. The summed E-state index contributed by atoms with van der Waals surface area (Å²) in [6.07, 6.45) is -0.302. The minimum Gasteiger partial charge on any atom is -0.375 e. The van der Waals surface area contributed by atoms with Crippen LogP contribution in [0.5, 0.6) is 0 Å². The fraction of sp³-hybridized carbons (Fsp3) is 0.167. The number of Topliss-reactive ketones (excluding diaryl/α,β-unsaturated/α-hetero) is 1. The van der Waals surface area contributed by atoms with E-state index in [1.165, 1.54) is 0 Å². The molecule has 5 heteroatoms. The number of halogens is 1. The van der Waals surface area contributed by atoms with Gasteiger partial charge in [0.2, 0.25) is 0 Å². The molecular formula is C24H20BrNO3. The van der Waals surface area contributed by atoms with Crippen molar-refractivity contribution in [3.8, 4) is 0 Å². The van der Waals surface area contributed by atoms with Gasteiger partial charge >= 0.3 is 0 Å². The van der Waals surface area contributed by atoms with Crippen molar-refractivity contribution in [1.29, 1.82) is 0 Å². The van der Waals surface area contributed by atoms with E-state index in [-0.39, 0.29) is 12.2 Å². The molecule has 0 radical (unpaired) electrons. The average Bonchev–Trinajstić information content (AvgIpc) is 2.92. The Hall–Kier alpha value is -2.76. The number of anilines is 1. The van der Waals surface area contributed by atoms with Crippen LogP contribution in [0, 0.1) is 6.92 Å². The van der Waals surface area contributed by atoms with Crippen LogP contribution in [0.15, 0.2) is 77.3 Å². The van der Waals surface area contributed by atoms with Crippen molar-refractivity contribution in [2.24, 2.45) is 0 Å². The normalized spacial score (nSPS) is 18.0. The van der Waals surface area contributed by atoms with Crippen molar-refractivity contribution < 1.29 is 14.7 Å². The summed E-state index contributed by atoms with van der Waals surface area (Å²) in [6.45, 7) is 2.34. The van der Waals surface area contributed by atoms with Crippen molar-refractivity contribution in [3.05, 3.63) is 99.5 Å². The van der Waals surface area contributed by atoms with Gasteiger partial charge in [-0.15, -0.1) is 0 Å². The maximum absolute atomic E-state index is 13.3. The van der Waals surface area contributed by atoms with E-state index in [0.717, 1.165) is 15.6 Å². The number of benzene rings is 3. The van der Waals surface area contributed by atoms with Gasteiger partial charge in [-0.3, -0.25) is 9.59 Å². The minimum absolute atomic E-state index is 0.283. The Balaban J connectivity index is 1.67. The summed E-state index contributed by atoms with van der Waals surface area (Å²) in [5, 5.41) is 11.4. The molecule has 1 N–H and O–H groups in total. The molecule has 1 heterocycles. The second-order valence-electron chi connectivity index (χ2n) is 7.36. The van der Waals surface area contributed by atoms with Crippen LogP contribution < -0.4 is 4.90 Å². The van der Waals surface area contributed by atoms with E-state index in [1.54, 1.807) is 35.2 Å². The molecule has 3 aromatic carbocycles. The molecule has 0 fully saturated rings. The number of nitrogens with zero attached hydrogens (tertiary/aromatic N) is 1. The zero-order chi connectivity index (χ0) is 20.6. The lowest BCUT2D eigenvalue weighted by molar-refractivity contribution is -0.136. The minimum atomic E-state index is -1.87. The Morgan fingerprint density at radius 2 is 1.76 bits per heavy atom. The van der Waals surface area contributed by atoms with E-state index in [0.29, 0.717) is 23.4 Å². The summed E-state index contributed by atoms with van der Waals surface area (Å²) in [5.74, 6) is -0.753. The molecule has 4 rings (SSSR count). The highest BCUT2D eigenvalue weighted by Crippen LogP contribution is 2.43. The first-order valence-electron chi connectivity index (χ1n) is 9.37. The highest BCUT2D eigenvalue weighted by Gasteiger charge is 2.50. The quantitative estimate of drug-likeness (QED) is 0.570. The molecule has 0 spiro atoms.